The normalized spacial score (nSPS) is 0. The van der Waals surface area contributed by atoms with E-state index in [4.69, 9.17) is 0 Å². The average Bonchev–Trinajstić information content (AvgIpc) is 0. The van der Waals surface area contributed by atoms with Crippen LogP contribution in [0.2, 0.25) is 0 Å². The van der Waals surface area contributed by atoms with Crippen molar-refractivity contribution in [1.82, 2.24) is 0 Å². The van der Waals surface area contributed by atoms with E-state index in [0.29, 0.717) is 0 Å². The Morgan fingerprint density at radius 2 is 0.286 bits per heavy atom. The molecule has 0 aromatic carbocycles. The van der Waals surface area contributed by atoms with Crippen molar-refractivity contribution in [2.24, 2.45) is 0 Å². The minimum atomic E-state index is 0. The molecule has 0 bridgehead atoms. The van der Waals surface area contributed by atoms with Gasteiger partial charge in [0.25, 0.3) is 0 Å². The summed E-state index contributed by atoms with van der Waals surface area (Å²) >= 11 is 0. The van der Waals surface area contributed by atoms with Crippen LogP contribution in [0.15, 0.2) is 0 Å². The fourth-order valence-corrected chi connectivity index (χ4v) is 0. The average molecular weight is 194 g/mol. The molecule has 7 heavy (non-hydrogen) atoms. The Hall–Kier alpha value is 0.649. The predicted molar refractivity (Wildman–Crippen MR) is 40.4 cm³/mol. The molecule has 0 rings (SSSR count). The van der Waals surface area contributed by atoms with Crippen molar-refractivity contribution in [2.75, 3.05) is 0 Å². The molecule has 55 valence electrons. The van der Waals surface area contributed by atoms with Crippen LogP contribution in [-0.4, -0.2) is 0 Å². The van der Waals surface area contributed by atoms with Crippen LogP contribution in [0.4, 0.5) is 0 Å². The fraction of sp³-hybridized carbons (Fsp3) is 1.00. The quantitative estimate of drug-likeness (QED) is 0.550. The van der Waals surface area contributed by atoms with E-state index in [1.54, 1.807) is 0 Å². The van der Waals surface area contributed by atoms with Crippen LogP contribution in [0.1, 0.15) is 44.6 Å². The van der Waals surface area contributed by atoms with Gasteiger partial charge >= 0.3 is 0 Å². The van der Waals surface area contributed by atoms with Gasteiger partial charge in [0.2, 0.25) is 0 Å². The molecule has 0 saturated carbocycles. The Morgan fingerprint density at radius 3 is 0.286 bits per heavy atom. The van der Waals surface area contributed by atoms with Crippen molar-refractivity contribution in [1.29, 1.82) is 0 Å². The van der Waals surface area contributed by atoms with E-state index in [1.165, 1.54) is 0 Å². The number of hydrogen-bond acceptors (Lipinski definition) is 0. The molecule has 0 N–H and O–H groups in total. The van der Waals surface area contributed by atoms with Gasteiger partial charge in [0.15, 0.2) is 0 Å². The van der Waals surface area contributed by atoms with Crippen molar-refractivity contribution in [3.8, 4) is 0 Å². The van der Waals surface area contributed by atoms with Crippen molar-refractivity contribution < 1.29 is 20.1 Å². The Kier molecular flexibility index (Phi) is 57700. The molecule has 0 aliphatic carbocycles. The molecule has 0 heterocycles. The minimum Gasteiger partial charge on any atom is -0.0776 e. The molecule has 0 aliphatic rings. The van der Waals surface area contributed by atoms with E-state index in [9.17, 15) is 0 Å². The van der Waals surface area contributed by atoms with Gasteiger partial charge in [-0.05, 0) is 0 Å². The second-order valence-electron chi connectivity index (χ2n) is 0. The summed E-state index contributed by atoms with van der Waals surface area (Å²) in [5.41, 5.74) is 0. The van der Waals surface area contributed by atoms with Crippen LogP contribution in [-0.2, 0) is 20.1 Å². The zero-order chi connectivity index (χ0) is 0. The summed E-state index contributed by atoms with van der Waals surface area (Å²) in [5.74, 6) is 0. The second-order valence-corrected chi connectivity index (χ2v) is 0. The number of rotatable bonds is 0. The molecule has 0 unspecified atom stereocenters. The molecule has 0 amide bonds. The first-order valence-electron chi connectivity index (χ1n) is 0. The predicted octanol–water partition coefficient (Wildman–Crippen LogP) is 3.81. The van der Waals surface area contributed by atoms with Gasteiger partial charge in [0, 0.05) is 20.1 Å². The molecule has 1 heteroatoms. The maximum absolute atomic E-state index is 0. The third-order valence-corrected chi connectivity index (χ3v) is 0. The molecule has 0 nitrogen and oxygen atoms in total. The number of hydrogen-bond donors (Lipinski definition) is 0. The Balaban J connectivity index is 0. The van der Waals surface area contributed by atoms with E-state index >= 15 is 0 Å². The summed E-state index contributed by atoms with van der Waals surface area (Å²) < 4.78 is 0. The summed E-state index contributed by atoms with van der Waals surface area (Å²) in [6.07, 6.45) is 0. The summed E-state index contributed by atoms with van der Waals surface area (Å²) in [4.78, 5) is 0. The Bertz CT molecular complexity index is 4.14. The van der Waals surface area contributed by atoms with E-state index in [-0.39, 0.29) is 64.7 Å². The Labute approximate surface area is 65.1 Å². The van der Waals surface area contributed by atoms with Crippen molar-refractivity contribution >= 4 is 0 Å². The molecule has 0 saturated heterocycles. The van der Waals surface area contributed by atoms with Crippen LogP contribution in [0.25, 0.3) is 0 Å². The molecule has 0 aromatic heterocycles. The zero-order valence-electron chi connectivity index (χ0n) is 0.378. The standard InChI is InChI=1S/6CH4.Tc/h6*1H4;. The van der Waals surface area contributed by atoms with Crippen LogP contribution < -0.4 is 0 Å². The molecule has 1 radical (unpaired) electrons. The van der Waals surface area contributed by atoms with Gasteiger partial charge in [-0.2, -0.15) is 0 Å². The summed E-state index contributed by atoms with van der Waals surface area (Å²) in [5, 5.41) is 0. The molecule has 0 fully saturated rings. The van der Waals surface area contributed by atoms with Crippen molar-refractivity contribution in [3.05, 3.63) is 0 Å². The molecule has 0 aliphatic heterocycles. The van der Waals surface area contributed by atoms with Crippen molar-refractivity contribution in [2.45, 2.75) is 44.6 Å². The first-order chi connectivity index (χ1) is 0. The van der Waals surface area contributed by atoms with E-state index in [2.05, 4.69) is 0 Å². The van der Waals surface area contributed by atoms with Crippen molar-refractivity contribution in [3.63, 3.8) is 0 Å². The van der Waals surface area contributed by atoms with Gasteiger partial charge in [0.1, 0.15) is 0 Å². The summed E-state index contributed by atoms with van der Waals surface area (Å²) in [6.45, 7) is 0. The third-order valence-electron chi connectivity index (χ3n) is 0. The first-order valence-corrected chi connectivity index (χ1v) is 0. The maximum atomic E-state index is 0. The minimum absolute atomic E-state index is 0. The van der Waals surface area contributed by atoms with E-state index in [1.807, 2.05) is 0 Å². The Morgan fingerprint density at radius 1 is 0.286 bits per heavy atom. The third kappa shape index (κ3) is 341. The largest absolute Gasteiger partial charge is 0.0776 e. The van der Waals surface area contributed by atoms with Gasteiger partial charge in [-0.15, -0.1) is 0 Å². The monoisotopic (exact) mass is 193 g/mol. The molecular weight excluding hydrogens is 170 g/mol. The van der Waals surface area contributed by atoms with Crippen LogP contribution >= 0.6 is 0 Å². The van der Waals surface area contributed by atoms with Gasteiger partial charge in [-0.1, -0.05) is 44.6 Å². The van der Waals surface area contributed by atoms with Gasteiger partial charge < -0.3 is 0 Å². The van der Waals surface area contributed by atoms with Gasteiger partial charge in [0.05, 0.1) is 0 Å². The molecular formula is C6H24Tc. The van der Waals surface area contributed by atoms with Crippen LogP contribution in [0.5, 0.6) is 0 Å². The first kappa shape index (κ1) is 802. The topological polar surface area (TPSA) is 0 Å². The van der Waals surface area contributed by atoms with Crippen LogP contribution in [0, 0.1) is 0 Å². The molecule has 0 spiro atoms. The summed E-state index contributed by atoms with van der Waals surface area (Å²) in [6, 6.07) is 0. The van der Waals surface area contributed by atoms with Crippen LogP contribution in [0.3, 0.4) is 0 Å². The second kappa shape index (κ2) is 503. The van der Waals surface area contributed by atoms with E-state index < -0.39 is 0 Å². The maximum Gasteiger partial charge on any atom is 0 e. The van der Waals surface area contributed by atoms with E-state index in [0.717, 1.165) is 0 Å². The SMILES string of the molecule is C.C.C.C.C.C.[Tc]. The smallest absolute Gasteiger partial charge is 0 e. The zero-order valence-corrected chi connectivity index (χ0v) is 2.24. The molecule has 0 aromatic rings. The van der Waals surface area contributed by atoms with Gasteiger partial charge in [-0.25, -0.2) is 0 Å². The van der Waals surface area contributed by atoms with Gasteiger partial charge in [-0.3, -0.25) is 0 Å². The molecule has 0 atom stereocenters. The summed E-state index contributed by atoms with van der Waals surface area (Å²) in [7, 11) is 0. The fourth-order valence-electron chi connectivity index (χ4n) is 0.